The van der Waals surface area contributed by atoms with E-state index in [0.717, 1.165) is 17.7 Å². The number of esters is 1. The fourth-order valence-corrected chi connectivity index (χ4v) is 5.14. The number of rotatable bonds is 5. The number of fused-ring (bicyclic) bond motifs is 3. The van der Waals surface area contributed by atoms with Crippen LogP contribution in [0.5, 0.6) is 0 Å². The molecule has 0 unspecified atom stereocenters. The second kappa shape index (κ2) is 6.27. The predicted octanol–water partition coefficient (Wildman–Crippen LogP) is 1.97. The van der Waals surface area contributed by atoms with Crippen molar-refractivity contribution in [2.75, 3.05) is 11.5 Å². The molecule has 27 heavy (non-hydrogen) atoms. The molecule has 4 rings (SSSR count). The quantitative estimate of drug-likeness (QED) is 0.778. The number of hydrogen-bond donors (Lipinski definition) is 1. The van der Waals surface area contributed by atoms with Crippen LogP contribution < -0.4 is 10.2 Å². The maximum Gasteiger partial charge on any atom is 0.344 e. The van der Waals surface area contributed by atoms with E-state index < -0.39 is 28.9 Å². The highest BCUT2D eigenvalue weighted by atomic mass is 32.2. The minimum atomic E-state index is -1.14. The maximum atomic E-state index is 12.9. The summed E-state index contributed by atoms with van der Waals surface area (Å²) in [4.78, 5) is 38.6. The van der Waals surface area contributed by atoms with E-state index in [1.807, 2.05) is 18.2 Å². The molecule has 140 valence electrons. The fourth-order valence-electron chi connectivity index (χ4n) is 3.72. The van der Waals surface area contributed by atoms with Gasteiger partial charge in [-0.05, 0) is 37.8 Å². The first kappa shape index (κ1) is 17.9. The van der Waals surface area contributed by atoms with Gasteiger partial charge < -0.3 is 10.1 Å². The summed E-state index contributed by atoms with van der Waals surface area (Å²) in [6, 6.07) is 9.48. The largest absolute Gasteiger partial charge is 0.453 e. The van der Waals surface area contributed by atoms with Crippen molar-refractivity contribution in [3.05, 3.63) is 24.3 Å². The van der Waals surface area contributed by atoms with E-state index in [0.29, 0.717) is 12.1 Å². The first-order valence-electron chi connectivity index (χ1n) is 8.90. The third kappa shape index (κ3) is 2.86. The number of nitrogens with one attached hydrogen (secondary N) is 1. The zero-order valence-electron chi connectivity index (χ0n) is 14.9. The van der Waals surface area contributed by atoms with E-state index >= 15 is 0 Å². The van der Waals surface area contributed by atoms with Gasteiger partial charge in [0.1, 0.15) is 5.54 Å². The molecule has 0 radical (unpaired) electrons. The average molecular weight is 385 g/mol. The summed E-state index contributed by atoms with van der Waals surface area (Å²) >= 11 is 1.30. The van der Waals surface area contributed by atoms with Gasteiger partial charge in [0.2, 0.25) is 5.91 Å². The monoisotopic (exact) mass is 385 g/mol. The second-order valence-corrected chi connectivity index (χ2v) is 8.62. The highest BCUT2D eigenvalue weighted by Crippen LogP contribution is 2.56. The Bertz CT molecular complexity index is 878. The number of carbonyl (C=O) groups excluding carboxylic acids is 3. The molecule has 1 saturated heterocycles. The number of hydrogen-bond acceptors (Lipinski definition) is 6. The molecule has 2 amide bonds. The molecule has 8 heteroatoms. The number of benzene rings is 1. The second-order valence-electron chi connectivity index (χ2n) is 7.30. The van der Waals surface area contributed by atoms with Crippen LogP contribution in [-0.2, 0) is 19.1 Å². The molecule has 2 atom stereocenters. The van der Waals surface area contributed by atoms with Gasteiger partial charge in [0.25, 0.3) is 5.91 Å². The van der Waals surface area contributed by atoms with Crippen LogP contribution in [0.25, 0.3) is 0 Å². The molecule has 0 aromatic heterocycles. The number of carbonyl (C=O) groups is 3. The number of ether oxygens (including phenoxy) is 1. The molecule has 1 aromatic rings. The number of para-hydroxylation sites is 1. The van der Waals surface area contributed by atoms with E-state index in [1.165, 1.54) is 16.7 Å². The van der Waals surface area contributed by atoms with Gasteiger partial charge in [-0.1, -0.05) is 23.9 Å². The fraction of sp³-hybridized carbons (Fsp3) is 0.474. The van der Waals surface area contributed by atoms with Crippen LogP contribution in [0.1, 0.15) is 32.6 Å². The van der Waals surface area contributed by atoms with Crippen molar-refractivity contribution in [2.45, 2.75) is 47.9 Å². The van der Waals surface area contributed by atoms with Crippen molar-refractivity contribution in [1.29, 1.82) is 5.26 Å². The van der Waals surface area contributed by atoms with E-state index in [4.69, 9.17) is 4.74 Å². The maximum absolute atomic E-state index is 12.9. The number of amides is 2. The number of thioether (sulfide) groups is 1. The molecule has 2 fully saturated rings. The van der Waals surface area contributed by atoms with Gasteiger partial charge in [-0.25, -0.2) is 4.79 Å². The normalized spacial score (nSPS) is 25.2. The van der Waals surface area contributed by atoms with Crippen molar-refractivity contribution in [3.8, 4) is 6.07 Å². The lowest BCUT2D eigenvalue weighted by molar-refractivity contribution is -0.151. The van der Waals surface area contributed by atoms with Crippen LogP contribution in [0.2, 0.25) is 0 Å². The predicted molar refractivity (Wildman–Crippen MR) is 97.6 cm³/mol. The highest BCUT2D eigenvalue weighted by Gasteiger charge is 2.58. The van der Waals surface area contributed by atoms with Gasteiger partial charge in [0.15, 0.2) is 11.5 Å². The Morgan fingerprint density at radius 1 is 1.44 bits per heavy atom. The van der Waals surface area contributed by atoms with Crippen molar-refractivity contribution in [1.82, 2.24) is 5.32 Å². The zero-order chi connectivity index (χ0) is 19.2. The van der Waals surface area contributed by atoms with Gasteiger partial charge in [-0.3, -0.25) is 14.5 Å². The van der Waals surface area contributed by atoms with E-state index in [1.54, 1.807) is 13.0 Å². The van der Waals surface area contributed by atoms with Gasteiger partial charge >= 0.3 is 5.97 Å². The van der Waals surface area contributed by atoms with Gasteiger partial charge in [-0.2, -0.15) is 5.26 Å². The minimum Gasteiger partial charge on any atom is -0.453 e. The molecule has 0 bridgehead atoms. The molecule has 1 aliphatic carbocycles. The smallest absolute Gasteiger partial charge is 0.344 e. The van der Waals surface area contributed by atoms with Crippen LogP contribution in [-0.4, -0.2) is 34.8 Å². The Hall–Kier alpha value is -2.53. The van der Waals surface area contributed by atoms with Gasteiger partial charge in [-0.15, -0.1) is 0 Å². The lowest BCUT2D eigenvalue weighted by Crippen LogP contribution is -2.51. The first-order chi connectivity index (χ1) is 12.9. The Kier molecular flexibility index (Phi) is 4.15. The standard InChI is InChI=1S/C19H19N3O4S/c1-18(11-20,12-6-7-12)21-15(23)10-26-17(25)19-9-8-16(24)22(19)13-4-2-3-5-14(13)27-19/h2-5,12H,6-10H2,1H3,(H,21,23)/t18-,19-/m0/s1. The summed E-state index contributed by atoms with van der Waals surface area (Å²) in [6.07, 6.45) is 2.40. The summed E-state index contributed by atoms with van der Waals surface area (Å²) in [5.74, 6) is -1.09. The van der Waals surface area contributed by atoms with Gasteiger partial charge in [0, 0.05) is 17.7 Å². The summed E-state index contributed by atoms with van der Waals surface area (Å²) in [5, 5.41) is 12.0. The molecule has 2 aliphatic heterocycles. The Labute approximate surface area is 161 Å². The van der Waals surface area contributed by atoms with Crippen LogP contribution in [0.4, 0.5) is 5.69 Å². The molecular weight excluding hydrogens is 366 g/mol. The Morgan fingerprint density at radius 2 is 2.19 bits per heavy atom. The molecule has 0 spiro atoms. The van der Waals surface area contributed by atoms with Crippen LogP contribution >= 0.6 is 11.8 Å². The minimum absolute atomic E-state index is 0.125. The number of nitrogens with zero attached hydrogens (tertiary/aromatic N) is 2. The summed E-state index contributed by atoms with van der Waals surface area (Å²) < 4.78 is 5.29. The molecule has 1 saturated carbocycles. The van der Waals surface area contributed by atoms with Crippen LogP contribution in [0.15, 0.2) is 29.2 Å². The molecular formula is C19H19N3O4S. The molecule has 2 heterocycles. The number of anilines is 1. The van der Waals surface area contributed by atoms with Crippen LogP contribution in [0.3, 0.4) is 0 Å². The van der Waals surface area contributed by atoms with Gasteiger partial charge in [0.05, 0.1) is 11.8 Å². The van der Waals surface area contributed by atoms with Crippen molar-refractivity contribution < 1.29 is 19.1 Å². The summed E-state index contributed by atoms with van der Waals surface area (Å²) in [6.45, 7) is 1.22. The third-order valence-corrected chi connectivity index (χ3v) is 6.81. The first-order valence-corrected chi connectivity index (χ1v) is 9.72. The van der Waals surface area contributed by atoms with E-state index in [-0.39, 0.29) is 18.2 Å². The van der Waals surface area contributed by atoms with Crippen LogP contribution in [0, 0.1) is 17.2 Å². The SMILES string of the molecule is C[C@@](C#N)(NC(=O)COC(=O)[C@@]12CCC(=O)N1c1ccccc1S2)C1CC1. The Morgan fingerprint density at radius 3 is 2.89 bits per heavy atom. The zero-order valence-corrected chi connectivity index (χ0v) is 15.7. The van der Waals surface area contributed by atoms with Crippen molar-refractivity contribution in [2.24, 2.45) is 5.92 Å². The van der Waals surface area contributed by atoms with Crippen molar-refractivity contribution >= 4 is 35.2 Å². The average Bonchev–Trinajstić information content (AvgIpc) is 3.39. The molecule has 3 aliphatic rings. The summed E-state index contributed by atoms with van der Waals surface area (Å²) in [5.41, 5.74) is -0.229. The lowest BCUT2D eigenvalue weighted by Gasteiger charge is -2.29. The molecule has 7 nitrogen and oxygen atoms in total. The topological polar surface area (TPSA) is 99.5 Å². The van der Waals surface area contributed by atoms with E-state index in [9.17, 15) is 19.6 Å². The van der Waals surface area contributed by atoms with E-state index in [2.05, 4.69) is 11.4 Å². The Balaban J connectivity index is 1.45. The third-order valence-electron chi connectivity index (χ3n) is 5.35. The van der Waals surface area contributed by atoms with Crippen molar-refractivity contribution in [3.63, 3.8) is 0 Å². The number of nitriles is 1. The molecule has 1 aromatic carbocycles. The highest BCUT2D eigenvalue weighted by molar-refractivity contribution is 8.02. The lowest BCUT2D eigenvalue weighted by atomic mass is 9.98. The summed E-state index contributed by atoms with van der Waals surface area (Å²) in [7, 11) is 0. The molecule has 1 N–H and O–H groups in total.